The van der Waals surface area contributed by atoms with E-state index in [1.54, 1.807) is 7.11 Å². The predicted octanol–water partition coefficient (Wildman–Crippen LogP) is 2.29. The van der Waals surface area contributed by atoms with Crippen LogP contribution in [0.25, 0.3) is 0 Å². The van der Waals surface area contributed by atoms with E-state index in [2.05, 4.69) is 27.9 Å². The fourth-order valence-corrected chi connectivity index (χ4v) is 2.00. The number of rotatable bonds is 6. The van der Waals surface area contributed by atoms with Crippen LogP contribution >= 0.6 is 22.6 Å². The van der Waals surface area contributed by atoms with E-state index >= 15 is 0 Å². The van der Waals surface area contributed by atoms with Gasteiger partial charge in [0.25, 0.3) is 0 Å². The second kappa shape index (κ2) is 7.70. The van der Waals surface area contributed by atoms with Crippen LogP contribution in [-0.4, -0.2) is 25.7 Å². The van der Waals surface area contributed by atoms with Gasteiger partial charge >= 0.3 is 0 Å². The molecule has 1 aromatic carbocycles. The Morgan fingerprint density at radius 2 is 2.28 bits per heavy atom. The summed E-state index contributed by atoms with van der Waals surface area (Å²) in [5, 5.41) is 2.83. The third kappa shape index (κ3) is 4.91. The molecule has 1 aromatic rings. The van der Waals surface area contributed by atoms with E-state index in [1.165, 1.54) is 5.56 Å². The molecular formula is C13H19IN2O2. The smallest absolute Gasteiger partial charge is 0.241 e. The first kappa shape index (κ1) is 15.4. The Kier molecular flexibility index (Phi) is 6.59. The number of benzene rings is 1. The molecule has 1 amide bonds. The zero-order valence-electron chi connectivity index (χ0n) is 10.7. The van der Waals surface area contributed by atoms with E-state index in [0.29, 0.717) is 13.0 Å². The summed E-state index contributed by atoms with van der Waals surface area (Å²) in [6, 6.07) is 5.32. The highest BCUT2D eigenvalue weighted by molar-refractivity contribution is 14.1. The van der Waals surface area contributed by atoms with Crippen molar-refractivity contribution in [1.29, 1.82) is 0 Å². The lowest BCUT2D eigenvalue weighted by Gasteiger charge is -2.12. The summed E-state index contributed by atoms with van der Waals surface area (Å²) < 4.78 is 6.05. The van der Waals surface area contributed by atoms with Gasteiger partial charge in [-0.3, -0.25) is 4.79 Å². The number of halogens is 1. The number of hydrogen-bond acceptors (Lipinski definition) is 3. The van der Waals surface area contributed by atoms with Crippen molar-refractivity contribution in [3.63, 3.8) is 0 Å². The van der Waals surface area contributed by atoms with E-state index in [9.17, 15) is 4.79 Å². The summed E-state index contributed by atoms with van der Waals surface area (Å²) in [4.78, 5) is 11.8. The Morgan fingerprint density at radius 1 is 1.56 bits per heavy atom. The molecule has 0 aliphatic carbocycles. The average molecular weight is 362 g/mol. The molecule has 0 aromatic heterocycles. The zero-order chi connectivity index (χ0) is 13.5. The Labute approximate surface area is 121 Å². The molecule has 5 heteroatoms. The minimum atomic E-state index is -0.487. The Morgan fingerprint density at radius 3 is 2.89 bits per heavy atom. The Bertz CT molecular complexity index is 410. The molecule has 0 radical (unpaired) electrons. The molecule has 0 saturated carbocycles. The molecule has 0 aliphatic rings. The summed E-state index contributed by atoms with van der Waals surface area (Å²) in [6.45, 7) is 2.66. The molecular weight excluding hydrogens is 343 g/mol. The third-order valence-corrected chi connectivity index (χ3v) is 3.80. The van der Waals surface area contributed by atoms with Gasteiger partial charge in [0, 0.05) is 23.0 Å². The summed E-state index contributed by atoms with van der Waals surface area (Å²) >= 11 is 2.24. The number of nitrogens with two attached hydrogens (primary N) is 1. The molecule has 0 aliphatic heterocycles. The fourth-order valence-electron chi connectivity index (χ4n) is 1.48. The van der Waals surface area contributed by atoms with E-state index in [1.807, 2.05) is 25.1 Å². The number of amides is 1. The van der Waals surface area contributed by atoms with Crippen LogP contribution < -0.4 is 11.1 Å². The number of nitrogens with one attached hydrogen (secondary N) is 1. The van der Waals surface area contributed by atoms with E-state index < -0.39 is 6.04 Å². The Hall–Kier alpha value is -0.660. The molecule has 18 heavy (non-hydrogen) atoms. The highest BCUT2D eigenvalue weighted by Gasteiger charge is 2.13. The number of carbonyl (C=O) groups is 1. The Balaban J connectivity index is 2.50. The number of carbonyl (C=O) groups excluding carboxylic acids is 1. The van der Waals surface area contributed by atoms with Crippen molar-refractivity contribution in [2.75, 3.05) is 19.0 Å². The van der Waals surface area contributed by atoms with Gasteiger partial charge in [0.15, 0.2) is 0 Å². The number of anilines is 1. The quantitative estimate of drug-likeness (QED) is 0.603. The van der Waals surface area contributed by atoms with Crippen LogP contribution in [0.5, 0.6) is 0 Å². The first-order valence-corrected chi connectivity index (χ1v) is 6.94. The van der Waals surface area contributed by atoms with Gasteiger partial charge in [0.05, 0.1) is 6.04 Å². The number of aryl methyl sites for hydroxylation is 1. The molecule has 1 atom stereocenters. The summed E-state index contributed by atoms with van der Waals surface area (Å²) in [7, 11) is 1.64. The van der Waals surface area contributed by atoms with Gasteiger partial charge < -0.3 is 15.8 Å². The van der Waals surface area contributed by atoms with Crippen LogP contribution in [0.2, 0.25) is 0 Å². The normalized spacial score (nSPS) is 12.2. The standard InChI is InChI=1S/C13H19IN2O2/c1-9-5-6-10(8-11(9)14)16-13(17)12(15)4-3-7-18-2/h5-6,8,12H,3-4,7,15H2,1-2H3,(H,16,17). The molecule has 1 unspecified atom stereocenters. The first-order valence-electron chi connectivity index (χ1n) is 5.86. The van der Waals surface area contributed by atoms with Gasteiger partial charge in [-0.25, -0.2) is 0 Å². The van der Waals surface area contributed by atoms with Crippen molar-refractivity contribution in [1.82, 2.24) is 0 Å². The van der Waals surface area contributed by atoms with E-state index in [0.717, 1.165) is 15.7 Å². The number of methoxy groups -OCH3 is 1. The molecule has 0 bridgehead atoms. The van der Waals surface area contributed by atoms with Gasteiger partial charge in [0.2, 0.25) is 5.91 Å². The van der Waals surface area contributed by atoms with Crippen molar-refractivity contribution in [3.8, 4) is 0 Å². The lowest BCUT2D eigenvalue weighted by molar-refractivity contribution is -0.117. The van der Waals surface area contributed by atoms with Crippen LogP contribution in [0, 0.1) is 10.5 Å². The van der Waals surface area contributed by atoms with Gasteiger partial charge in [0.1, 0.15) is 0 Å². The topological polar surface area (TPSA) is 64.3 Å². The van der Waals surface area contributed by atoms with Crippen molar-refractivity contribution >= 4 is 34.2 Å². The lowest BCUT2D eigenvalue weighted by Crippen LogP contribution is -2.35. The lowest BCUT2D eigenvalue weighted by atomic mass is 10.1. The molecule has 0 spiro atoms. The van der Waals surface area contributed by atoms with Crippen LogP contribution in [0.15, 0.2) is 18.2 Å². The maximum absolute atomic E-state index is 11.8. The van der Waals surface area contributed by atoms with Gasteiger partial charge in [-0.15, -0.1) is 0 Å². The molecule has 1 rings (SSSR count). The minimum absolute atomic E-state index is 0.147. The number of ether oxygens (including phenoxy) is 1. The molecule has 0 fully saturated rings. The second-order valence-electron chi connectivity index (χ2n) is 4.19. The zero-order valence-corrected chi connectivity index (χ0v) is 12.9. The summed E-state index contributed by atoms with van der Waals surface area (Å²) in [6.07, 6.45) is 1.42. The van der Waals surface area contributed by atoms with Gasteiger partial charge in [-0.2, -0.15) is 0 Å². The highest BCUT2D eigenvalue weighted by atomic mass is 127. The molecule has 0 heterocycles. The molecule has 0 saturated heterocycles. The maximum atomic E-state index is 11.8. The SMILES string of the molecule is COCCCC(N)C(=O)Nc1ccc(C)c(I)c1. The number of hydrogen-bond donors (Lipinski definition) is 2. The predicted molar refractivity (Wildman–Crippen MR) is 81.6 cm³/mol. The van der Waals surface area contributed by atoms with Gasteiger partial charge in [-0.1, -0.05) is 6.07 Å². The first-order chi connectivity index (χ1) is 8.54. The van der Waals surface area contributed by atoms with Crippen LogP contribution in [0.4, 0.5) is 5.69 Å². The fraction of sp³-hybridized carbons (Fsp3) is 0.462. The monoisotopic (exact) mass is 362 g/mol. The second-order valence-corrected chi connectivity index (χ2v) is 5.36. The van der Waals surface area contributed by atoms with E-state index in [-0.39, 0.29) is 5.91 Å². The summed E-state index contributed by atoms with van der Waals surface area (Å²) in [5.41, 5.74) is 7.79. The molecule has 3 N–H and O–H groups in total. The molecule has 4 nitrogen and oxygen atoms in total. The van der Waals surface area contributed by atoms with Crippen molar-refractivity contribution in [2.45, 2.75) is 25.8 Å². The van der Waals surface area contributed by atoms with Crippen LogP contribution in [-0.2, 0) is 9.53 Å². The largest absolute Gasteiger partial charge is 0.385 e. The van der Waals surface area contributed by atoms with Crippen molar-refractivity contribution in [2.24, 2.45) is 5.73 Å². The summed E-state index contributed by atoms with van der Waals surface area (Å²) in [5.74, 6) is -0.147. The van der Waals surface area contributed by atoms with Gasteiger partial charge in [-0.05, 0) is 60.1 Å². The van der Waals surface area contributed by atoms with Crippen molar-refractivity contribution < 1.29 is 9.53 Å². The minimum Gasteiger partial charge on any atom is -0.385 e. The maximum Gasteiger partial charge on any atom is 0.241 e. The van der Waals surface area contributed by atoms with E-state index in [4.69, 9.17) is 10.5 Å². The molecule has 100 valence electrons. The van der Waals surface area contributed by atoms with Crippen LogP contribution in [0.3, 0.4) is 0 Å². The average Bonchev–Trinajstić information content (AvgIpc) is 2.34. The van der Waals surface area contributed by atoms with Crippen molar-refractivity contribution in [3.05, 3.63) is 27.3 Å². The van der Waals surface area contributed by atoms with Crippen LogP contribution in [0.1, 0.15) is 18.4 Å². The third-order valence-electron chi connectivity index (χ3n) is 2.64. The highest BCUT2D eigenvalue weighted by Crippen LogP contribution is 2.17.